The Morgan fingerprint density at radius 3 is 2.53 bits per heavy atom. The maximum atomic E-state index is 14.0. The van der Waals surface area contributed by atoms with Crippen LogP contribution in [0.2, 0.25) is 10.0 Å². The molecule has 2 aliphatic rings. The number of amides is 1. The van der Waals surface area contributed by atoms with Gasteiger partial charge in [0.25, 0.3) is 5.91 Å². The van der Waals surface area contributed by atoms with Crippen molar-refractivity contribution in [3.05, 3.63) is 87.7 Å². The number of aromatic nitrogens is 1. The Morgan fingerprint density at radius 1 is 1.05 bits per heavy atom. The summed E-state index contributed by atoms with van der Waals surface area (Å²) in [5, 5.41) is 16.5. The number of nitrogens with zero attached hydrogens (tertiary/aromatic N) is 3. The predicted octanol–water partition coefficient (Wildman–Crippen LogP) is 4.56. The molecule has 0 aliphatic carbocycles. The summed E-state index contributed by atoms with van der Waals surface area (Å²) in [7, 11) is 1.54. The van der Waals surface area contributed by atoms with E-state index < -0.39 is 5.54 Å². The zero-order chi connectivity index (χ0) is 26.7. The largest absolute Gasteiger partial charge is 0.396 e. The lowest BCUT2D eigenvalue weighted by molar-refractivity contribution is -0.184. The highest BCUT2D eigenvalue weighted by Crippen LogP contribution is 2.50. The van der Waals surface area contributed by atoms with Gasteiger partial charge < -0.3 is 10.4 Å². The second kappa shape index (κ2) is 11.7. The van der Waals surface area contributed by atoms with E-state index in [-0.39, 0.29) is 18.6 Å². The van der Waals surface area contributed by atoms with E-state index in [1.165, 1.54) is 12.2 Å². The first-order valence-corrected chi connectivity index (χ1v) is 13.7. The number of pyridine rings is 1. The molecule has 3 heterocycles. The molecule has 0 radical (unpaired) electrons. The molecule has 200 valence electrons. The fraction of sp³-hybridized carbons (Fsp3) is 0.379. The lowest BCUT2D eigenvalue weighted by Crippen LogP contribution is -2.60. The van der Waals surface area contributed by atoms with Gasteiger partial charge in [-0.3, -0.25) is 19.5 Å². The third-order valence-electron chi connectivity index (χ3n) is 7.62. The van der Waals surface area contributed by atoms with Crippen molar-refractivity contribution < 1.29 is 14.7 Å². The third kappa shape index (κ3) is 4.95. The standard InChI is InChI=1S/C29H32Cl2N4O3/c1-38-35-28(37)25-5-2-4-24(20-6-8-21(30)9-7-20)27(25)29(35,18-23-11-10-22(31)19-33-23)26(12-17-36)34-15-3-13-32-14-16-34/h2,4-11,19,26,32,36H,3,12-18H2,1H3/t26?,29-/m0/s1. The van der Waals surface area contributed by atoms with Gasteiger partial charge in [-0.25, -0.2) is 5.06 Å². The van der Waals surface area contributed by atoms with Gasteiger partial charge in [0.05, 0.1) is 12.1 Å². The smallest absolute Gasteiger partial charge is 0.278 e. The number of aliphatic hydroxyl groups excluding tert-OH is 1. The zero-order valence-electron chi connectivity index (χ0n) is 21.4. The van der Waals surface area contributed by atoms with Crippen molar-refractivity contribution >= 4 is 29.1 Å². The number of fused-ring (bicyclic) bond motifs is 1. The highest BCUT2D eigenvalue weighted by molar-refractivity contribution is 6.30. The molecule has 2 aromatic carbocycles. The summed E-state index contributed by atoms with van der Waals surface area (Å²) < 4.78 is 0. The van der Waals surface area contributed by atoms with Crippen LogP contribution in [0, 0.1) is 0 Å². The molecule has 1 amide bonds. The van der Waals surface area contributed by atoms with Gasteiger partial charge in [0.15, 0.2) is 0 Å². The predicted molar refractivity (Wildman–Crippen MR) is 149 cm³/mol. The summed E-state index contributed by atoms with van der Waals surface area (Å²) in [6.45, 7) is 3.33. The first-order valence-electron chi connectivity index (χ1n) is 12.9. The molecule has 9 heteroatoms. The van der Waals surface area contributed by atoms with Crippen LogP contribution in [0.5, 0.6) is 0 Å². The topological polar surface area (TPSA) is 77.9 Å². The Labute approximate surface area is 233 Å². The van der Waals surface area contributed by atoms with Crippen molar-refractivity contribution in [1.82, 2.24) is 20.3 Å². The van der Waals surface area contributed by atoms with Crippen LogP contribution in [0.25, 0.3) is 11.1 Å². The molecule has 2 atom stereocenters. The molecule has 1 fully saturated rings. The van der Waals surface area contributed by atoms with Gasteiger partial charge in [-0.05, 0) is 67.4 Å². The summed E-state index contributed by atoms with van der Waals surface area (Å²) in [5.41, 5.74) is 3.15. The molecule has 1 aromatic heterocycles. The minimum atomic E-state index is -0.967. The molecule has 0 saturated carbocycles. The molecule has 3 aromatic rings. The van der Waals surface area contributed by atoms with E-state index in [1.54, 1.807) is 6.20 Å². The summed E-state index contributed by atoms with van der Waals surface area (Å²) in [4.78, 5) is 27.0. The van der Waals surface area contributed by atoms with Crippen molar-refractivity contribution in [2.24, 2.45) is 0 Å². The number of hydrogen-bond acceptors (Lipinski definition) is 6. The van der Waals surface area contributed by atoms with Gasteiger partial charge in [-0.1, -0.05) is 47.5 Å². The zero-order valence-corrected chi connectivity index (χ0v) is 22.9. The highest BCUT2D eigenvalue weighted by Gasteiger charge is 2.58. The molecule has 38 heavy (non-hydrogen) atoms. The Balaban J connectivity index is 1.79. The van der Waals surface area contributed by atoms with E-state index in [0.29, 0.717) is 28.5 Å². The highest BCUT2D eigenvalue weighted by atomic mass is 35.5. The lowest BCUT2D eigenvalue weighted by atomic mass is 9.74. The monoisotopic (exact) mass is 554 g/mol. The maximum absolute atomic E-state index is 14.0. The number of benzene rings is 2. The Kier molecular flexibility index (Phi) is 8.33. The van der Waals surface area contributed by atoms with Crippen molar-refractivity contribution in [2.45, 2.75) is 30.8 Å². The first-order chi connectivity index (χ1) is 18.5. The molecule has 2 aliphatic heterocycles. The first kappa shape index (κ1) is 27.1. The molecule has 5 rings (SSSR count). The quantitative estimate of drug-likeness (QED) is 0.425. The van der Waals surface area contributed by atoms with E-state index >= 15 is 0 Å². The number of aliphatic hydroxyl groups is 1. The fourth-order valence-electron chi connectivity index (χ4n) is 6.10. The summed E-state index contributed by atoms with van der Waals surface area (Å²) in [6, 6.07) is 16.9. The number of rotatable bonds is 8. The van der Waals surface area contributed by atoms with Crippen LogP contribution in [0.15, 0.2) is 60.8 Å². The summed E-state index contributed by atoms with van der Waals surface area (Å²) in [6.07, 6.45) is 3.43. The SMILES string of the molecule is CON1C(=O)c2cccc(-c3ccc(Cl)cc3)c2[C@]1(Cc1ccc(Cl)cn1)C(CCO)N1CCCNCC1. The second-order valence-electron chi connectivity index (χ2n) is 9.75. The van der Waals surface area contributed by atoms with Crippen molar-refractivity contribution in [3.63, 3.8) is 0 Å². The Morgan fingerprint density at radius 2 is 1.82 bits per heavy atom. The van der Waals surface area contributed by atoms with Crippen LogP contribution >= 0.6 is 23.2 Å². The van der Waals surface area contributed by atoms with Crippen LogP contribution in [-0.4, -0.2) is 71.9 Å². The van der Waals surface area contributed by atoms with Crippen LogP contribution in [0.4, 0.5) is 0 Å². The fourth-order valence-corrected chi connectivity index (χ4v) is 6.33. The van der Waals surface area contributed by atoms with Crippen molar-refractivity contribution in [1.29, 1.82) is 0 Å². The van der Waals surface area contributed by atoms with Gasteiger partial charge in [0.2, 0.25) is 0 Å². The Hall–Kier alpha value is -2.52. The van der Waals surface area contributed by atoms with E-state index in [2.05, 4.69) is 15.2 Å². The van der Waals surface area contributed by atoms with Crippen molar-refractivity contribution in [2.75, 3.05) is 39.9 Å². The minimum Gasteiger partial charge on any atom is -0.396 e. The minimum absolute atomic E-state index is 0.0332. The van der Waals surface area contributed by atoms with Gasteiger partial charge >= 0.3 is 0 Å². The molecular weight excluding hydrogens is 523 g/mol. The van der Waals surface area contributed by atoms with Crippen LogP contribution in [0.3, 0.4) is 0 Å². The number of carbonyl (C=O) groups is 1. The Bertz CT molecular complexity index is 1260. The second-order valence-corrected chi connectivity index (χ2v) is 10.6. The van der Waals surface area contributed by atoms with Gasteiger partial charge in [0, 0.05) is 60.2 Å². The maximum Gasteiger partial charge on any atom is 0.278 e. The molecular formula is C29H32Cl2N4O3. The lowest BCUT2D eigenvalue weighted by Gasteiger charge is -2.48. The number of hydrogen-bond donors (Lipinski definition) is 2. The molecule has 7 nitrogen and oxygen atoms in total. The number of halogens is 2. The third-order valence-corrected chi connectivity index (χ3v) is 8.10. The van der Waals surface area contributed by atoms with Gasteiger partial charge in [-0.2, -0.15) is 0 Å². The van der Waals surface area contributed by atoms with Crippen molar-refractivity contribution in [3.8, 4) is 11.1 Å². The normalized spacial score (nSPS) is 20.8. The average molecular weight is 556 g/mol. The van der Waals surface area contributed by atoms with E-state index in [4.69, 9.17) is 28.0 Å². The average Bonchev–Trinajstić information content (AvgIpc) is 3.08. The molecule has 1 saturated heterocycles. The number of carbonyl (C=O) groups excluding carboxylic acids is 1. The van der Waals surface area contributed by atoms with E-state index in [9.17, 15) is 9.90 Å². The number of nitrogens with one attached hydrogen (secondary N) is 1. The van der Waals surface area contributed by atoms with Crippen LogP contribution in [-0.2, 0) is 16.8 Å². The van der Waals surface area contributed by atoms with E-state index in [0.717, 1.165) is 55.0 Å². The molecule has 2 N–H and O–H groups in total. The van der Waals surface area contributed by atoms with E-state index in [1.807, 2.05) is 54.6 Å². The molecule has 0 spiro atoms. The van der Waals surface area contributed by atoms with Gasteiger partial charge in [0.1, 0.15) is 5.54 Å². The summed E-state index contributed by atoms with van der Waals surface area (Å²) >= 11 is 12.4. The number of hydroxylamine groups is 2. The summed E-state index contributed by atoms with van der Waals surface area (Å²) in [5.74, 6) is -0.205. The van der Waals surface area contributed by atoms with Gasteiger partial charge in [-0.15, -0.1) is 0 Å². The van der Waals surface area contributed by atoms with Crippen LogP contribution < -0.4 is 5.32 Å². The van der Waals surface area contributed by atoms with Crippen LogP contribution in [0.1, 0.15) is 34.5 Å². The molecule has 1 unspecified atom stereocenters. The molecule has 0 bridgehead atoms.